The zero-order chi connectivity index (χ0) is 23.6. The molecule has 0 rings (SSSR count). The quantitative estimate of drug-likeness (QED) is 0.171. The molecule has 0 saturated carbocycles. The van der Waals surface area contributed by atoms with Crippen molar-refractivity contribution in [1.82, 2.24) is 0 Å². The number of hydrogen-bond acceptors (Lipinski definition) is 0. The SMILES string of the molecule is C=C(C)[C@H](C)CC/C(C)=C/CC/C(C)=C/CC/C=C(\C)CC/C=C(\C)CCC=C(C)C. The predicted molar refractivity (Wildman–Crippen MR) is 145 cm³/mol. The van der Waals surface area contributed by atoms with E-state index in [0.717, 1.165) is 0 Å². The Kier molecular flexibility index (Phi) is 17.1. The molecule has 0 bridgehead atoms. The Morgan fingerprint density at radius 1 is 0.548 bits per heavy atom. The second kappa shape index (κ2) is 18.1. The van der Waals surface area contributed by atoms with E-state index >= 15 is 0 Å². The van der Waals surface area contributed by atoms with Gasteiger partial charge in [-0.2, -0.15) is 0 Å². The van der Waals surface area contributed by atoms with Crippen LogP contribution in [0.4, 0.5) is 0 Å². The highest BCUT2D eigenvalue weighted by atomic mass is 14.1. The van der Waals surface area contributed by atoms with Crippen molar-refractivity contribution in [2.75, 3.05) is 0 Å². The first-order valence-corrected chi connectivity index (χ1v) is 12.5. The van der Waals surface area contributed by atoms with E-state index in [1.54, 1.807) is 0 Å². The van der Waals surface area contributed by atoms with Gasteiger partial charge in [-0.1, -0.05) is 77.3 Å². The van der Waals surface area contributed by atoms with Crippen LogP contribution in [0, 0.1) is 5.92 Å². The van der Waals surface area contributed by atoms with Crippen LogP contribution in [0.1, 0.15) is 120 Å². The van der Waals surface area contributed by atoms with E-state index in [1.165, 1.54) is 97.6 Å². The van der Waals surface area contributed by atoms with Crippen molar-refractivity contribution < 1.29 is 0 Å². The van der Waals surface area contributed by atoms with Gasteiger partial charge in [0.15, 0.2) is 0 Å². The highest BCUT2D eigenvalue weighted by Gasteiger charge is 2.02. The summed E-state index contributed by atoms with van der Waals surface area (Å²) >= 11 is 0. The second-order valence-corrected chi connectivity index (χ2v) is 9.96. The standard InChI is InChI=1S/C31H52/c1-25(2)15-12-18-29(7)21-13-19-27(5)16-10-11-17-28(6)20-14-22-30(8)23-24-31(9)26(3)4/h15-17,21-22,31H,3,10-14,18-20,23-24H2,1-2,4-9H3/b27-16+,28-17+,29-21+,30-22+/t31-/m1/s1. The maximum Gasteiger partial charge on any atom is -0.0234 e. The van der Waals surface area contributed by atoms with E-state index in [-0.39, 0.29) is 0 Å². The van der Waals surface area contributed by atoms with Gasteiger partial charge in [0.2, 0.25) is 0 Å². The summed E-state index contributed by atoms with van der Waals surface area (Å²) in [6, 6.07) is 0. The van der Waals surface area contributed by atoms with Gasteiger partial charge in [-0.3, -0.25) is 0 Å². The molecule has 0 radical (unpaired) electrons. The van der Waals surface area contributed by atoms with Crippen molar-refractivity contribution in [3.05, 3.63) is 70.4 Å². The predicted octanol–water partition coefficient (Wildman–Crippen LogP) is 10.9. The number of hydrogen-bond donors (Lipinski definition) is 0. The zero-order valence-corrected chi connectivity index (χ0v) is 22.2. The summed E-state index contributed by atoms with van der Waals surface area (Å²) in [7, 11) is 0. The van der Waals surface area contributed by atoms with E-state index in [9.17, 15) is 0 Å². The van der Waals surface area contributed by atoms with Crippen molar-refractivity contribution in [1.29, 1.82) is 0 Å². The van der Waals surface area contributed by atoms with E-state index in [0.29, 0.717) is 5.92 Å². The van der Waals surface area contributed by atoms with Crippen LogP contribution in [0.2, 0.25) is 0 Å². The molecule has 0 spiro atoms. The minimum absolute atomic E-state index is 0.633. The lowest BCUT2D eigenvalue weighted by atomic mass is 9.96. The molecule has 0 aromatic carbocycles. The molecule has 31 heavy (non-hydrogen) atoms. The Bertz CT molecular complexity index is 656. The summed E-state index contributed by atoms with van der Waals surface area (Å²) < 4.78 is 0. The van der Waals surface area contributed by atoms with Gasteiger partial charge >= 0.3 is 0 Å². The molecule has 0 aromatic rings. The van der Waals surface area contributed by atoms with Crippen LogP contribution in [-0.2, 0) is 0 Å². The maximum atomic E-state index is 4.07. The normalized spacial score (nSPS) is 14.6. The molecular weight excluding hydrogens is 372 g/mol. The zero-order valence-electron chi connectivity index (χ0n) is 22.2. The Labute approximate surface area is 196 Å². The number of allylic oxidation sites excluding steroid dienone is 11. The van der Waals surface area contributed by atoms with Gasteiger partial charge in [0, 0.05) is 0 Å². The maximum absolute atomic E-state index is 4.07. The fourth-order valence-electron chi connectivity index (χ4n) is 3.44. The Balaban J connectivity index is 4.08. The first kappa shape index (κ1) is 29.4. The summed E-state index contributed by atoms with van der Waals surface area (Å²) in [6.45, 7) is 21.9. The molecule has 0 amide bonds. The van der Waals surface area contributed by atoms with Crippen LogP contribution in [0.5, 0.6) is 0 Å². The van der Waals surface area contributed by atoms with E-state index in [2.05, 4.69) is 92.3 Å². The molecule has 0 aliphatic carbocycles. The Hall–Kier alpha value is -1.56. The fourth-order valence-corrected chi connectivity index (χ4v) is 3.44. The van der Waals surface area contributed by atoms with Crippen LogP contribution < -0.4 is 0 Å². The van der Waals surface area contributed by atoms with Gasteiger partial charge in [-0.05, 0) is 119 Å². The molecule has 0 aliphatic heterocycles. The number of unbranched alkanes of at least 4 members (excludes halogenated alkanes) is 1. The molecule has 0 nitrogen and oxygen atoms in total. The summed E-state index contributed by atoms with van der Waals surface area (Å²) in [5, 5.41) is 0. The van der Waals surface area contributed by atoms with Crippen LogP contribution in [0.15, 0.2) is 70.4 Å². The van der Waals surface area contributed by atoms with Crippen LogP contribution in [-0.4, -0.2) is 0 Å². The van der Waals surface area contributed by atoms with Crippen molar-refractivity contribution in [2.24, 2.45) is 5.92 Å². The lowest BCUT2D eigenvalue weighted by Crippen LogP contribution is -1.95. The summed E-state index contributed by atoms with van der Waals surface area (Å²) in [5.74, 6) is 0.633. The van der Waals surface area contributed by atoms with Crippen molar-refractivity contribution in [3.63, 3.8) is 0 Å². The molecule has 1 atom stereocenters. The lowest BCUT2D eigenvalue weighted by molar-refractivity contribution is 0.611. The molecule has 0 saturated heterocycles. The lowest BCUT2D eigenvalue weighted by Gasteiger charge is -2.10. The highest BCUT2D eigenvalue weighted by molar-refractivity contribution is 5.07. The average molecular weight is 425 g/mol. The highest BCUT2D eigenvalue weighted by Crippen LogP contribution is 2.19. The molecule has 0 N–H and O–H groups in total. The molecule has 0 unspecified atom stereocenters. The molecular formula is C31H52. The first-order valence-electron chi connectivity index (χ1n) is 12.5. The molecule has 176 valence electrons. The van der Waals surface area contributed by atoms with Crippen LogP contribution in [0.25, 0.3) is 0 Å². The third-order valence-electron chi connectivity index (χ3n) is 6.12. The Morgan fingerprint density at radius 3 is 1.29 bits per heavy atom. The van der Waals surface area contributed by atoms with Gasteiger partial charge in [-0.15, -0.1) is 0 Å². The number of rotatable bonds is 16. The average Bonchev–Trinajstić information content (AvgIpc) is 2.69. The summed E-state index contributed by atoms with van der Waals surface area (Å²) in [6.07, 6.45) is 23.9. The van der Waals surface area contributed by atoms with E-state index in [1.807, 2.05) is 0 Å². The third kappa shape index (κ3) is 18.9. The summed E-state index contributed by atoms with van der Waals surface area (Å²) in [5.41, 5.74) is 8.84. The van der Waals surface area contributed by atoms with Crippen molar-refractivity contribution in [3.8, 4) is 0 Å². The monoisotopic (exact) mass is 424 g/mol. The smallest absolute Gasteiger partial charge is 0.0234 e. The molecule has 0 heteroatoms. The van der Waals surface area contributed by atoms with Crippen molar-refractivity contribution in [2.45, 2.75) is 120 Å². The van der Waals surface area contributed by atoms with Gasteiger partial charge in [0.25, 0.3) is 0 Å². The van der Waals surface area contributed by atoms with Crippen molar-refractivity contribution >= 4 is 0 Å². The second-order valence-electron chi connectivity index (χ2n) is 9.96. The first-order chi connectivity index (χ1) is 14.6. The topological polar surface area (TPSA) is 0 Å². The minimum Gasteiger partial charge on any atom is -0.0999 e. The van der Waals surface area contributed by atoms with Crippen LogP contribution >= 0.6 is 0 Å². The third-order valence-corrected chi connectivity index (χ3v) is 6.12. The van der Waals surface area contributed by atoms with E-state index < -0.39 is 0 Å². The molecule has 0 heterocycles. The summed E-state index contributed by atoms with van der Waals surface area (Å²) in [4.78, 5) is 0. The molecule has 0 fully saturated rings. The van der Waals surface area contributed by atoms with E-state index in [4.69, 9.17) is 0 Å². The van der Waals surface area contributed by atoms with Gasteiger partial charge in [0.1, 0.15) is 0 Å². The fraction of sp³-hybridized carbons (Fsp3) is 0.613. The largest absolute Gasteiger partial charge is 0.0999 e. The van der Waals surface area contributed by atoms with Gasteiger partial charge in [0.05, 0.1) is 0 Å². The molecule has 0 aromatic heterocycles. The van der Waals surface area contributed by atoms with Crippen LogP contribution in [0.3, 0.4) is 0 Å². The minimum atomic E-state index is 0.633. The van der Waals surface area contributed by atoms with Gasteiger partial charge < -0.3 is 0 Å². The Morgan fingerprint density at radius 2 is 0.903 bits per heavy atom. The molecule has 0 aliphatic rings. The van der Waals surface area contributed by atoms with Gasteiger partial charge in [-0.25, -0.2) is 0 Å².